The summed E-state index contributed by atoms with van der Waals surface area (Å²) in [5, 5.41) is 8.51. The molecular formula is C17H15N3O2. The van der Waals surface area contributed by atoms with Gasteiger partial charge in [0.1, 0.15) is 11.6 Å². The van der Waals surface area contributed by atoms with Crippen LogP contribution >= 0.6 is 0 Å². The summed E-state index contributed by atoms with van der Waals surface area (Å²) in [7, 11) is 0. The van der Waals surface area contributed by atoms with Crippen LogP contribution in [0.15, 0.2) is 53.3 Å². The molecule has 0 unspecified atom stereocenters. The Morgan fingerprint density at radius 1 is 1.14 bits per heavy atom. The van der Waals surface area contributed by atoms with Crippen molar-refractivity contribution < 1.29 is 4.74 Å². The number of nitrogens with two attached hydrogens (primary N) is 1. The van der Waals surface area contributed by atoms with Crippen LogP contribution in [0.2, 0.25) is 0 Å². The average Bonchev–Trinajstić information content (AvgIpc) is 2.51. The predicted octanol–water partition coefficient (Wildman–Crippen LogP) is 2.91. The Balaban J connectivity index is 2.16. The van der Waals surface area contributed by atoms with E-state index in [1.54, 1.807) is 24.3 Å². The molecule has 0 aliphatic rings. The molecule has 0 spiro atoms. The molecule has 3 rings (SSSR count). The van der Waals surface area contributed by atoms with E-state index >= 15 is 0 Å². The first-order valence-electron chi connectivity index (χ1n) is 6.81. The van der Waals surface area contributed by atoms with Gasteiger partial charge in [-0.2, -0.15) is 0 Å². The van der Waals surface area contributed by atoms with E-state index in [4.69, 9.17) is 15.9 Å². The lowest BCUT2D eigenvalue weighted by Gasteiger charge is -2.12. The first-order valence-corrected chi connectivity index (χ1v) is 6.81. The van der Waals surface area contributed by atoms with E-state index in [9.17, 15) is 4.79 Å². The number of H-pyrrole nitrogens is 1. The number of benzene rings is 2. The van der Waals surface area contributed by atoms with E-state index in [0.717, 1.165) is 16.5 Å². The molecule has 0 amide bonds. The monoisotopic (exact) mass is 293 g/mol. The van der Waals surface area contributed by atoms with Crippen molar-refractivity contribution >= 4 is 16.7 Å². The highest BCUT2D eigenvalue weighted by Crippen LogP contribution is 2.28. The fourth-order valence-electron chi connectivity index (χ4n) is 2.40. The second-order valence-corrected chi connectivity index (χ2v) is 4.97. The van der Waals surface area contributed by atoms with Gasteiger partial charge in [0, 0.05) is 16.5 Å². The van der Waals surface area contributed by atoms with E-state index in [-0.39, 0.29) is 17.1 Å². The molecule has 3 aromatic rings. The number of aromatic nitrogens is 1. The molecule has 0 atom stereocenters. The second-order valence-electron chi connectivity index (χ2n) is 4.97. The summed E-state index contributed by atoms with van der Waals surface area (Å²) < 4.78 is 5.78. The summed E-state index contributed by atoms with van der Waals surface area (Å²) in [6, 6.07) is 14.4. The lowest BCUT2D eigenvalue weighted by Crippen LogP contribution is -2.15. The van der Waals surface area contributed by atoms with Crippen molar-refractivity contribution in [1.82, 2.24) is 4.98 Å². The number of para-hydroxylation sites is 2. The zero-order chi connectivity index (χ0) is 15.7. The number of nitrogens with one attached hydrogen (secondary N) is 2. The number of aryl methyl sites for hydroxylation is 1. The Hall–Kier alpha value is -3.08. The maximum absolute atomic E-state index is 12.3. The van der Waals surface area contributed by atoms with Crippen LogP contribution in [-0.2, 0) is 0 Å². The number of amidine groups is 1. The molecule has 5 nitrogen and oxygen atoms in total. The van der Waals surface area contributed by atoms with E-state index in [1.165, 1.54) is 0 Å². The van der Waals surface area contributed by atoms with Crippen molar-refractivity contribution in [3.63, 3.8) is 0 Å². The zero-order valence-corrected chi connectivity index (χ0v) is 12.0. The summed E-state index contributed by atoms with van der Waals surface area (Å²) in [6.07, 6.45) is 0. The lowest BCUT2D eigenvalue weighted by atomic mass is 10.1. The van der Waals surface area contributed by atoms with Crippen molar-refractivity contribution in [2.24, 2.45) is 5.73 Å². The summed E-state index contributed by atoms with van der Waals surface area (Å²) in [5.74, 6) is 0.497. The molecule has 5 heteroatoms. The quantitative estimate of drug-likeness (QED) is 0.512. The summed E-state index contributed by atoms with van der Waals surface area (Å²) in [4.78, 5) is 15.1. The van der Waals surface area contributed by atoms with Gasteiger partial charge in [0.25, 0.3) is 5.56 Å². The van der Waals surface area contributed by atoms with Crippen LogP contribution in [-0.4, -0.2) is 10.8 Å². The number of fused-ring (bicyclic) bond motifs is 1. The van der Waals surface area contributed by atoms with E-state index < -0.39 is 0 Å². The van der Waals surface area contributed by atoms with Crippen LogP contribution in [0.4, 0.5) is 0 Å². The average molecular weight is 293 g/mol. The van der Waals surface area contributed by atoms with Gasteiger partial charge < -0.3 is 15.5 Å². The summed E-state index contributed by atoms with van der Waals surface area (Å²) in [5.41, 5.74) is 7.20. The molecular weight excluding hydrogens is 278 g/mol. The van der Waals surface area contributed by atoms with Crippen molar-refractivity contribution in [3.8, 4) is 11.5 Å². The number of hydrogen-bond acceptors (Lipinski definition) is 3. The van der Waals surface area contributed by atoms with Crippen LogP contribution in [0.3, 0.4) is 0 Å². The molecule has 0 aliphatic heterocycles. The maximum Gasteiger partial charge on any atom is 0.291 e. The minimum atomic E-state index is -0.311. The highest BCUT2D eigenvalue weighted by atomic mass is 16.5. The molecule has 0 saturated carbocycles. The number of pyridine rings is 1. The molecule has 4 N–H and O–H groups in total. The Labute approximate surface area is 126 Å². The number of hydrogen-bond donors (Lipinski definition) is 3. The molecule has 22 heavy (non-hydrogen) atoms. The third kappa shape index (κ3) is 2.33. The fraction of sp³-hybridized carbons (Fsp3) is 0.0588. The molecule has 2 aromatic carbocycles. The smallest absolute Gasteiger partial charge is 0.291 e. The maximum atomic E-state index is 12.3. The SMILES string of the molecule is Cc1c(Oc2ccccc2C(=N)N)c(=O)[nH]c2ccccc12. The molecule has 0 bridgehead atoms. The lowest BCUT2D eigenvalue weighted by molar-refractivity contribution is 0.471. The van der Waals surface area contributed by atoms with Gasteiger partial charge in [-0.05, 0) is 25.1 Å². The van der Waals surface area contributed by atoms with E-state index in [2.05, 4.69) is 4.98 Å². The molecule has 0 saturated heterocycles. The van der Waals surface area contributed by atoms with Crippen LogP contribution in [0.25, 0.3) is 10.9 Å². The minimum absolute atomic E-state index is 0.106. The van der Waals surface area contributed by atoms with Gasteiger partial charge in [0.2, 0.25) is 0 Å². The van der Waals surface area contributed by atoms with Crippen molar-refractivity contribution in [2.45, 2.75) is 6.92 Å². The third-order valence-corrected chi connectivity index (χ3v) is 3.52. The van der Waals surface area contributed by atoms with Gasteiger partial charge in [-0.15, -0.1) is 0 Å². The van der Waals surface area contributed by atoms with Crippen LogP contribution in [0.5, 0.6) is 11.5 Å². The number of rotatable bonds is 3. The van der Waals surface area contributed by atoms with Gasteiger partial charge in [0.15, 0.2) is 5.75 Å². The molecule has 0 aliphatic carbocycles. The minimum Gasteiger partial charge on any atom is -0.450 e. The first-order chi connectivity index (χ1) is 10.6. The van der Waals surface area contributed by atoms with Gasteiger partial charge >= 0.3 is 0 Å². The van der Waals surface area contributed by atoms with Crippen LogP contribution in [0, 0.1) is 12.3 Å². The number of aromatic amines is 1. The Morgan fingerprint density at radius 2 is 1.82 bits per heavy atom. The van der Waals surface area contributed by atoms with Crippen molar-refractivity contribution in [2.75, 3.05) is 0 Å². The number of nitrogen functional groups attached to an aromatic ring is 1. The first kappa shape index (κ1) is 13.9. The molecule has 110 valence electrons. The van der Waals surface area contributed by atoms with E-state index in [0.29, 0.717) is 11.3 Å². The number of ether oxygens (including phenoxy) is 1. The molecule has 0 fully saturated rings. The van der Waals surface area contributed by atoms with Gasteiger partial charge in [-0.1, -0.05) is 30.3 Å². The second kappa shape index (κ2) is 5.37. The summed E-state index contributed by atoms with van der Waals surface area (Å²) in [6.45, 7) is 1.84. The Bertz CT molecular complexity index is 929. The summed E-state index contributed by atoms with van der Waals surface area (Å²) >= 11 is 0. The van der Waals surface area contributed by atoms with Gasteiger partial charge in [0.05, 0.1) is 5.56 Å². The predicted molar refractivity (Wildman–Crippen MR) is 86.8 cm³/mol. The highest BCUT2D eigenvalue weighted by Gasteiger charge is 2.14. The highest BCUT2D eigenvalue weighted by molar-refractivity contribution is 5.97. The topological polar surface area (TPSA) is 92.0 Å². The van der Waals surface area contributed by atoms with Crippen molar-refractivity contribution in [1.29, 1.82) is 5.41 Å². The largest absolute Gasteiger partial charge is 0.450 e. The van der Waals surface area contributed by atoms with Crippen molar-refractivity contribution in [3.05, 3.63) is 70.0 Å². The normalized spacial score (nSPS) is 10.6. The molecule has 1 heterocycles. The van der Waals surface area contributed by atoms with Crippen LogP contribution in [0.1, 0.15) is 11.1 Å². The standard InChI is InChI=1S/C17H15N3O2/c1-10-11-6-2-4-8-13(11)20-17(21)15(10)22-14-9-5-3-7-12(14)16(18)19/h2-9H,1H3,(H3,18,19)(H,20,21). The van der Waals surface area contributed by atoms with Gasteiger partial charge in [-0.25, -0.2) is 0 Å². The fourth-order valence-corrected chi connectivity index (χ4v) is 2.40. The molecule has 0 radical (unpaired) electrons. The van der Waals surface area contributed by atoms with E-state index in [1.807, 2.05) is 31.2 Å². The Morgan fingerprint density at radius 3 is 2.59 bits per heavy atom. The molecule has 1 aromatic heterocycles. The van der Waals surface area contributed by atoms with Crippen LogP contribution < -0.4 is 16.0 Å². The zero-order valence-electron chi connectivity index (χ0n) is 12.0. The Kier molecular flexibility index (Phi) is 3.39. The third-order valence-electron chi connectivity index (χ3n) is 3.52. The van der Waals surface area contributed by atoms with Gasteiger partial charge in [-0.3, -0.25) is 10.2 Å².